The van der Waals surface area contributed by atoms with E-state index in [1.807, 2.05) is 49.4 Å². The first kappa shape index (κ1) is 14.9. The van der Waals surface area contributed by atoms with E-state index in [9.17, 15) is 0 Å². The van der Waals surface area contributed by atoms with Crippen LogP contribution in [-0.2, 0) is 6.61 Å². The molecule has 20 heavy (non-hydrogen) atoms. The zero-order valence-corrected chi connectivity index (χ0v) is 13.2. The van der Waals surface area contributed by atoms with Crippen molar-refractivity contribution in [1.29, 1.82) is 0 Å². The van der Waals surface area contributed by atoms with Gasteiger partial charge < -0.3 is 15.2 Å². The van der Waals surface area contributed by atoms with E-state index in [4.69, 9.17) is 15.2 Å². The Bertz CT molecular complexity index is 584. The lowest BCUT2D eigenvalue weighted by atomic mass is 10.1. The van der Waals surface area contributed by atoms with Gasteiger partial charge in [-0.15, -0.1) is 0 Å². The van der Waals surface area contributed by atoms with Crippen LogP contribution >= 0.6 is 15.9 Å². The molecule has 0 saturated heterocycles. The van der Waals surface area contributed by atoms with Crippen molar-refractivity contribution < 1.29 is 9.47 Å². The number of hydrogen-bond acceptors (Lipinski definition) is 3. The lowest BCUT2D eigenvalue weighted by Crippen LogP contribution is -2.08. The van der Waals surface area contributed by atoms with Gasteiger partial charge in [-0.25, -0.2) is 0 Å². The standard InChI is InChI=1S/C16H18BrNO2/c1-11(18)13-5-3-4-6-15(13)20-10-12-7-8-16(19-2)14(17)9-12/h3-9,11H,10,18H2,1-2H3/t11-/m0/s1. The van der Waals surface area contributed by atoms with Gasteiger partial charge in [-0.1, -0.05) is 24.3 Å². The Morgan fingerprint density at radius 3 is 2.55 bits per heavy atom. The number of hydrogen-bond donors (Lipinski definition) is 1. The minimum absolute atomic E-state index is 0.0474. The third-order valence-corrected chi connectivity index (χ3v) is 3.64. The maximum Gasteiger partial charge on any atom is 0.133 e. The molecule has 0 aliphatic carbocycles. The Morgan fingerprint density at radius 1 is 1.15 bits per heavy atom. The average Bonchev–Trinajstić information content (AvgIpc) is 2.45. The van der Waals surface area contributed by atoms with Gasteiger partial charge in [0, 0.05) is 11.6 Å². The highest BCUT2D eigenvalue weighted by molar-refractivity contribution is 9.10. The maximum atomic E-state index is 5.94. The van der Waals surface area contributed by atoms with E-state index in [1.165, 1.54) is 0 Å². The number of halogens is 1. The van der Waals surface area contributed by atoms with Crippen molar-refractivity contribution in [2.75, 3.05) is 7.11 Å². The van der Waals surface area contributed by atoms with Crippen LogP contribution in [0.15, 0.2) is 46.9 Å². The fourth-order valence-corrected chi connectivity index (χ4v) is 2.54. The van der Waals surface area contributed by atoms with E-state index in [-0.39, 0.29) is 6.04 Å². The molecule has 2 aromatic carbocycles. The summed E-state index contributed by atoms with van der Waals surface area (Å²) in [4.78, 5) is 0. The van der Waals surface area contributed by atoms with Crippen LogP contribution in [0.4, 0.5) is 0 Å². The number of nitrogens with two attached hydrogens (primary N) is 1. The summed E-state index contributed by atoms with van der Waals surface area (Å²) < 4.78 is 12.0. The SMILES string of the molecule is COc1ccc(COc2ccccc2[C@H](C)N)cc1Br. The first-order valence-electron chi connectivity index (χ1n) is 6.41. The quantitative estimate of drug-likeness (QED) is 0.896. The fourth-order valence-electron chi connectivity index (χ4n) is 1.95. The Morgan fingerprint density at radius 2 is 1.90 bits per heavy atom. The number of rotatable bonds is 5. The second kappa shape index (κ2) is 6.77. The largest absolute Gasteiger partial charge is 0.496 e. The molecule has 0 aromatic heterocycles. The molecule has 0 amide bonds. The maximum absolute atomic E-state index is 5.94. The van der Waals surface area contributed by atoms with Crippen molar-refractivity contribution in [3.8, 4) is 11.5 Å². The molecule has 0 saturated carbocycles. The Kier molecular flexibility index (Phi) is 5.04. The molecule has 0 unspecified atom stereocenters. The smallest absolute Gasteiger partial charge is 0.133 e. The second-order valence-corrected chi connectivity index (χ2v) is 5.44. The van der Waals surface area contributed by atoms with Crippen molar-refractivity contribution in [3.63, 3.8) is 0 Å². The summed E-state index contributed by atoms with van der Waals surface area (Å²) in [5.41, 5.74) is 8.02. The zero-order valence-electron chi connectivity index (χ0n) is 11.6. The van der Waals surface area contributed by atoms with E-state index in [2.05, 4.69) is 15.9 Å². The molecule has 0 aliphatic rings. The molecule has 106 valence electrons. The molecule has 0 aliphatic heterocycles. The first-order chi connectivity index (χ1) is 9.61. The predicted octanol–water partition coefficient (Wildman–Crippen LogP) is 4.06. The molecule has 0 fully saturated rings. The normalized spacial score (nSPS) is 12.0. The number of methoxy groups -OCH3 is 1. The molecule has 2 aromatic rings. The van der Waals surface area contributed by atoms with Gasteiger partial charge in [0.1, 0.15) is 18.1 Å². The van der Waals surface area contributed by atoms with Gasteiger partial charge >= 0.3 is 0 Å². The highest BCUT2D eigenvalue weighted by Crippen LogP contribution is 2.27. The highest BCUT2D eigenvalue weighted by Gasteiger charge is 2.08. The van der Waals surface area contributed by atoms with Gasteiger partial charge in [0.2, 0.25) is 0 Å². The van der Waals surface area contributed by atoms with E-state index in [0.29, 0.717) is 6.61 Å². The molecule has 3 nitrogen and oxygen atoms in total. The molecule has 0 heterocycles. The van der Waals surface area contributed by atoms with Gasteiger partial charge in [0.25, 0.3) is 0 Å². The van der Waals surface area contributed by atoms with Crippen LogP contribution < -0.4 is 15.2 Å². The minimum Gasteiger partial charge on any atom is -0.496 e. The van der Waals surface area contributed by atoms with Crippen molar-refractivity contribution >= 4 is 15.9 Å². The van der Waals surface area contributed by atoms with E-state index < -0.39 is 0 Å². The van der Waals surface area contributed by atoms with Crippen molar-refractivity contribution in [2.45, 2.75) is 19.6 Å². The summed E-state index contributed by atoms with van der Waals surface area (Å²) in [5, 5.41) is 0. The predicted molar refractivity (Wildman–Crippen MR) is 84.1 cm³/mol. The third kappa shape index (κ3) is 3.52. The average molecular weight is 336 g/mol. The van der Waals surface area contributed by atoms with Crippen LogP contribution in [0.2, 0.25) is 0 Å². The molecular weight excluding hydrogens is 318 g/mol. The Labute approximate surface area is 127 Å². The summed E-state index contributed by atoms with van der Waals surface area (Å²) in [7, 11) is 1.65. The Hall–Kier alpha value is -1.52. The van der Waals surface area contributed by atoms with Gasteiger partial charge in [-0.2, -0.15) is 0 Å². The van der Waals surface area contributed by atoms with Gasteiger partial charge in [0.15, 0.2) is 0 Å². The van der Waals surface area contributed by atoms with Crippen LogP contribution in [0, 0.1) is 0 Å². The molecule has 4 heteroatoms. The summed E-state index contributed by atoms with van der Waals surface area (Å²) in [6, 6.07) is 13.7. The monoisotopic (exact) mass is 335 g/mol. The first-order valence-corrected chi connectivity index (χ1v) is 7.21. The van der Waals surface area contributed by atoms with E-state index in [0.717, 1.165) is 27.1 Å². The van der Waals surface area contributed by atoms with Crippen LogP contribution in [0.25, 0.3) is 0 Å². The molecule has 0 radical (unpaired) electrons. The molecule has 1 atom stereocenters. The zero-order chi connectivity index (χ0) is 14.5. The molecule has 0 spiro atoms. The van der Waals surface area contributed by atoms with Crippen LogP contribution in [0.1, 0.15) is 24.1 Å². The lowest BCUT2D eigenvalue weighted by Gasteiger charge is -2.14. The number of para-hydroxylation sites is 1. The summed E-state index contributed by atoms with van der Waals surface area (Å²) in [6.45, 7) is 2.44. The number of ether oxygens (including phenoxy) is 2. The molecule has 2 N–H and O–H groups in total. The van der Waals surface area contributed by atoms with Crippen molar-refractivity contribution in [1.82, 2.24) is 0 Å². The van der Waals surface area contributed by atoms with Gasteiger partial charge in [-0.3, -0.25) is 0 Å². The van der Waals surface area contributed by atoms with E-state index >= 15 is 0 Å². The second-order valence-electron chi connectivity index (χ2n) is 4.58. The fraction of sp³-hybridized carbons (Fsp3) is 0.250. The number of benzene rings is 2. The van der Waals surface area contributed by atoms with Crippen molar-refractivity contribution in [2.24, 2.45) is 5.73 Å². The molecule has 0 bridgehead atoms. The molecule has 2 rings (SSSR count). The topological polar surface area (TPSA) is 44.5 Å². The van der Waals surface area contributed by atoms with Crippen LogP contribution in [0.3, 0.4) is 0 Å². The van der Waals surface area contributed by atoms with Gasteiger partial charge in [-0.05, 0) is 46.6 Å². The van der Waals surface area contributed by atoms with Gasteiger partial charge in [0.05, 0.1) is 11.6 Å². The molecular formula is C16H18BrNO2. The lowest BCUT2D eigenvalue weighted by molar-refractivity contribution is 0.301. The summed E-state index contributed by atoms with van der Waals surface area (Å²) in [6.07, 6.45) is 0. The highest BCUT2D eigenvalue weighted by atomic mass is 79.9. The Balaban J connectivity index is 2.11. The van der Waals surface area contributed by atoms with Crippen LogP contribution in [-0.4, -0.2) is 7.11 Å². The minimum atomic E-state index is -0.0474. The van der Waals surface area contributed by atoms with Crippen molar-refractivity contribution in [3.05, 3.63) is 58.1 Å². The van der Waals surface area contributed by atoms with Crippen LogP contribution in [0.5, 0.6) is 11.5 Å². The summed E-state index contributed by atoms with van der Waals surface area (Å²) in [5.74, 6) is 1.64. The summed E-state index contributed by atoms with van der Waals surface area (Å²) >= 11 is 3.47. The third-order valence-electron chi connectivity index (χ3n) is 3.02. The van der Waals surface area contributed by atoms with E-state index in [1.54, 1.807) is 7.11 Å².